The van der Waals surface area contributed by atoms with Crippen molar-refractivity contribution in [1.82, 2.24) is 20.4 Å². The Morgan fingerprint density at radius 1 is 1.44 bits per heavy atom. The van der Waals surface area contributed by atoms with Crippen molar-refractivity contribution in [3.63, 3.8) is 0 Å². The fraction of sp³-hybridized carbons (Fsp3) is 0.684. The summed E-state index contributed by atoms with van der Waals surface area (Å²) in [4.78, 5) is 4.73. The van der Waals surface area contributed by atoms with Gasteiger partial charge in [-0.15, -0.1) is 0 Å². The second kappa shape index (κ2) is 9.61. The van der Waals surface area contributed by atoms with Crippen LogP contribution in [0.2, 0.25) is 0 Å². The van der Waals surface area contributed by atoms with Crippen molar-refractivity contribution >= 4 is 5.96 Å². The first-order valence-electron chi connectivity index (χ1n) is 9.30. The van der Waals surface area contributed by atoms with E-state index in [1.54, 1.807) is 0 Å². The van der Waals surface area contributed by atoms with Crippen LogP contribution in [0.3, 0.4) is 0 Å². The fourth-order valence-corrected chi connectivity index (χ4v) is 3.13. The zero-order chi connectivity index (χ0) is 18.2. The highest BCUT2D eigenvalue weighted by atomic mass is 16.5. The molecule has 1 aromatic rings. The predicted octanol–water partition coefficient (Wildman–Crippen LogP) is 2.26. The van der Waals surface area contributed by atoms with Crippen molar-refractivity contribution in [3.8, 4) is 0 Å². The van der Waals surface area contributed by atoms with Crippen LogP contribution in [0.1, 0.15) is 43.6 Å². The Hall–Kier alpha value is -1.82. The fourth-order valence-electron chi connectivity index (χ4n) is 3.13. The van der Waals surface area contributed by atoms with Crippen LogP contribution >= 0.6 is 0 Å². The van der Waals surface area contributed by atoms with Crippen LogP contribution in [-0.2, 0) is 18.2 Å². The minimum Gasteiger partial charge on any atom is -0.377 e. The Balaban J connectivity index is 1.90. The lowest BCUT2D eigenvalue weighted by Gasteiger charge is -2.18. The Kier molecular flexibility index (Phi) is 7.50. The molecule has 6 heteroatoms. The zero-order valence-electron chi connectivity index (χ0n) is 16.4. The van der Waals surface area contributed by atoms with E-state index in [1.165, 1.54) is 16.8 Å². The summed E-state index contributed by atoms with van der Waals surface area (Å²) in [5.41, 5.74) is 5.13. The number of hydrogen-bond donors (Lipinski definition) is 2. The van der Waals surface area contributed by atoms with Crippen molar-refractivity contribution in [2.45, 2.75) is 53.0 Å². The Morgan fingerprint density at radius 3 is 2.84 bits per heavy atom. The van der Waals surface area contributed by atoms with Gasteiger partial charge in [-0.05, 0) is 52.5 Å². The summed E-state index contributed by atoms with van der Waals surface area (Å²) in [6.07, 6.45) is 5.18. The molecular formula is C19H33N5O. The van der Waals surface area contributed by atoms with Gasteiger partial charge in [-0.2, -0.15) is 5.10 Å². The summed E-state index contributed by atoms with van der Waals surface area (Å²) in [7, 11) is 2.00. The molecule has 1 aromatic heterocycles. The smallest absolute Gasteiger partial charge is 0.191 e. The predicted molar refractivity (Wildman–Crippen MR) is 103 cm³/mol. The third kappa shape index (κ3) is 5.88. The van der Waals surface area contributed by atoms with E-state index in [9.17, 15) is 0 Å². The molecule has 1 unspecified atom stereocenters. The van der Waals surface area contributed by atoms with E-state index in [1.807, 2.05) is 11.7 Å². The van der Waals surface area contributed by atoms with Gasteiger partial charge in [0, 0.05) is 31.9 Å². The number of aryl methyl sites for hydroxylation is 2. The lowest BCUT2D eigenvalue weighted by atomic mass is 10.1. The number of ether oxygens (including phenoxy) is 1. The van der Waals surface area contributed by atoms with Gasteiger partial charge in [0.05, 0.1) is 18.9 Å². The standard InChI is InChI=1S/C19H33N5O/c1-6-20-19(21-10-7-17-8-11-25-12-9-17)22-14(2)13-18-15(3)23-24(5)16(18)4/h8,14H,6-7,9-13H2,1-5H3,(H2,20,21,22). The molecule has 0 saturated heterocycles. The van der Waals surface area contributed by atoms with E-state index < -0.39 is 0 Å². The Bertz CT molecular complexity index is 618. The number of aromatic nitrogens is 2. The minimum atomic E-state index is 0.293. The number of nitrogens with one attached hydrogen (secondary N) is 2. The van der Waals surface area contributed by atoms with Gasteiger partial charge in [-0.3, -0.25) is 9.67 Å². The summed E-state index contributed by atoms with van der Waals surface area (Å²) in [6, 6.07) is 0.293. The van der Waals surface area contributed by atoms with E-state index in [-0.39, 0.29) is 0 Å². The summed E-state index contributed by atoms with van der Waals surface area (Å²) < 4.78 is 7.31. The van der Waals surface area contributed by atoms with Crippen molar-refractivity contribution < 1.29 is 4.74 Å². The second-order valence-electron chi connectivity index (χ2n) is 6.72. The average Bonchev–Trinajstić information content (AvgIpc) is 2.82. The van der Waals surface area contributed by atoms with Crippen LogP contribution in [0.25, 0.3) is 0 Å². The highest BCUT2D eigenvalue weighted by Crippen LogP contribution is 2.14. The Labute approximate surface area is 151 Å². The molecule has 1 aliphatic heterocycles. The molecule has 2 rings (SSSR count). The molecule has 1 atom stereocenters. The van der Waals surface area contributed by atoms with Gasteiger partial charge >= 0.3 is 0 Å². The number of hydrogen-bond acceptors (Lipinski definition) is 3. The van der Waals surface area contributed by atoms with Gasteiger partial charge in [-0.25, -0.2) is 0 Å². The summed E-state index contributed by atoms with van der Waals surface area (Å²) in [5.74, 6) is 0.891. The molecule has 0 radical (unpaired) electrons. The molecule has 0 bridgehead atoms. The van der Waals surface area contributed by atoms with Crippen molar-refractivity contribution in [2.24, 2.45) is 12.0 Å². The first-order chi connectivity index (χ1) is 12.0. The molecule has 2 heterocycles. The molecule has 0 fully saturated rings. The molecule has 0 saturated carbocycles. The van der Waals surface area contributed by atoms with Gasteiger partial charge < -0.3 is 15.4 Å². The van der Waals surface area contributed by atoms with Crippen LogP contribution in [0, 0.1) is 13.8 Å². The van der Waals surface area contributed by atoms with Gasteiger partial charge in [0.1, 0.15) is 0 Å². The van der Waals surface area contributed by atoms with E-state index in [0.29, 0.717) is 6.04 Å². The third-order valence-corrected chi connectivity index (χ3v) is 4.66. The van der Waals surface area contributed by atoms with Gasteiger partial charge in [0.15, 0.2) is 5.96 Å². The number of nitrogens with zero attached hydrogens (tertiary/aromatic N) is 3. The molecule has 1 aliphatic rings. The lowest BCUT2D eigenvalue weighted by Crippen LogP contribution is -2.43. The van der Waals surface area contributed by atoms with E-state index in [0.717, 1.165) is 57.2 Å². The van der Waals surface area contributed by atoms with Gasteiger partial charge in [0.2, 0.25) is 0 Å². The second-order valence-corrected chi connectivity index (χ2v) is 6.72. The molecular weight excluding hydrogens is 314 g/mol. The monoisotopic (exact) mass is 347 g/mol. The minimum absolute atomic E-state index is 0.293. The Morgan fingerprint density at radius 2 is 2.24 bits per heavy atom. The first-order valence-corrected chi connectivity index (χ1v) is 9.30. The molecule has 0 aromatic carbocycles. The first kappa shape index (κ1) is 19.5. The number of aliphatic imine (C=N–C) groups is 1. The summed E-state index contributed by atoms with van der Waals surface area (Å²) in [5, 5.41) is 11.4. The summed E-state index contributed by atoms with van der Waals surface area (Å²) >= 11 is 0. The molecule has 6 nitrogen and oxygen atoms in total. The van der Waals surface area contributed by atoms with Crippen LogP contribution in [-0.4, -0.2) is 48.1 Å². The van der Waals surface area contributed by atoms with E-state index in [2.05, 4.69) is 49.5 Å². The molecule has 2 N–H and O–H groups in total. The van der Waals surface area contributed by atoms with Crippen LogP contribution in [0.5, 0.6) is 0 Å². The highest BCUT2D eigenvalue weighted by molar-refractivity contribution is 5.80. The SMILES string of the molecule is CCNC(=NCCC1=CCOCC1)NC(C)Cc1c(C)nn(C)c1C. The zero-order valence-corrected chi connectivity index (χ0v) is 16.4. The lowest BCUT2D eigenvalue weighted by molar-refractivity contribution is 0.153. The van der Waals surface area contributed by atoms with Crippen LogP contribution in [0.4, 0.5) is 0 Å². The maximum Gasteiger partial charge on any atom is 0.191 e. The maximum absolute atomic E-state index is 5.35. The van der Waals surface area contributed by atoms with Crippen molar-refractivity contribution in [1.29, 1.82) is 0 Å². The highest BCUT2D eigenvalue weighted by Gasteiger charge is 2.14. The largest absolute Gasteiger partial charge is 0.377 e. The van der Waals surface area contributed by atoms with Crippen LogP contribution in [0.15, 0.2) is 16.6 Å². The third-order valence-electron chi connectivity index (χ3n) is 4.66. The molecule has 0 aliphatic carbocycles. The van der Waals surface area contributed by atoms with Crippen LogP contribution < -0.4 is 10.6 Å². The molecule has 140 valence electrons. The molecule has 0 amide bonds. The number of guanidine groups is 1. The van der Waals surface area contributed by atoms with E-state index in [4.69, 9.17) is 9.73 Å². The quantitative estimate of drug-likeness (QED) is 0.451. The molecule has 25 heavy (non-hydrogen) atoms. The number of rotatable bonds is 7. The maximum atomic E-state index is 5.35. The topological polar surface area (TPSA) is 63.5 Å². The normalized spacial score (nSPS) is 16.5. The molecule has 0 spiro atoms. The van der Waals surface area contributed by atoms with Gasteiger partial charge in [0.25, 0.3) is 0 Å². The van der Waals surface area contributed by atoms with Crippen molar-refractivity contribution in [2.75, 3.05) is 26.3 Å². The average molecular weight is 348 g/mol. The van der Waals surface area contributed by atoms with Crippen molar-refractivity contribution in [3.05, 3.63) is 28.6 Å². The van der Waals surface area contributed by atoms with E-state index >= 15 is 0 Å². The van der Waals surface area contributed by atoms with Gasteiger partial charge in [-0.1, -0.05) is 11.6 Å². The summed E-state index contributed by atoms with van der Waals surface area (Å²) in [6.45, 7) is 11.8.